The van der Waals surface area contributed by atoms with Crippen molar-refractivity contribution in [2.75, 3.05) is 14.1 Å². The Labute approximate surface area is 190 Å². The van der Waals surface area contributed by atoms with Crippen LogP contribution in [-0.2, 0) is 25.6 Å². The highest BCUT2D eigenvalue weighted by Crippen LogP contribution is 2.57. The quantitative estimate of drug-likeness (QED) is 0.517. The van der Waals surface area contributed by atoms with E-state index in [4.69, 9.17) is 4.74 Å². The van der Waals surface area contributed by atoms with Crippen LogP contribution in [0.3, 0.4) is 0 Å². The molecular formula is C25H24N2O6. The van der Waals surface area contributed by atoms with Gasteiger partial charge in [0.2, 0.25) is 23.6 Å². The average Bonchev–Trinajstić information content (AvgIpc) is 3.17. The molecule has 1 aromatic rings. The first-order valence-electron chi connectivity index (χ1n) is 11.3. The van der Waals surface area contributed by atoms with Crippen molar-refractivity contribution in [3.05, 3.63) is 47.2 Å². The van der Waals surface area contributed by atoms with Crippen LogP contribution in [-0.4, -0.2) is 52.6 Å². The smallest absolute Gasteiger partial charge is 0.233 e. The molecule has 6 atom stereocenters. The molecule has 170 valence electrons. The Morgan fingerprint density at radius 3 is 2.36 bits per heavy atom. The number of likely N-dealkylation sites (tertiary alicyclic amines) is 2. The van der Waals surface area contributed by atoms with E-state index >= 15 is 0 Å². The topological polar surface area (TPSA) is 104 Å². The zero-order valence-electron chi connectivity index (χ0n) is 18.4. The van der Waals surface area contributed by atoms with Crippen LogP contribution in [0.1, 0.15) is 18.4 Å². The van der Waals surface area contributed by atoms with Crippen LogP contribution in [0.15, 0.2) is 41.7 Å². The Balaban J connectivity index is 1.46. The summed E-state index contributed by atoms with van der Waals surface area (Å²) in [6, 6.07) is 4.90. The van der Waals surface area contributed by atoms with Crippen molar-refractivity contribution in [3.63, 3.8) is 0 Å². The maximum absolute atomic E-state index is 13.2. The number of imide groups is 2. The summed E-state index contributed by atoms with van der Waals surface area (Å²) in [6.07, 6.45) is 4.98. The predicted octanol–water partition coefficient (Wildman–Crippen LogP) is 1.64. The Morgan fingerprint density at radius 2 is 1.61 bits per heavy atom. The number of fused-ring (bicyclic) bond motifs is 5. The largest absolute Gasteiger partial charge is 0.508 e. The van der Waals surface area contributed by atoms with Crippen molar-refractivity contribution >= 4 is 23.6 Å². The molecule has 3 aliphatic heterocycles. The van der Waals surface area contributed by atoms with Crippen molar-refractivity contribution in [2.45, 2.75) is 19.3 Å². The van der Waals surface area contributed by atoms with Gasteiger partial charge in [0.1, 0.15) is 11.5 Å². The lowest BCUT2D eigenvalue weighted by Crippen LogP contribution is -2.44. The van der Waals surface area contributed by atoms with Gasteiger partial charge in [0, 0.05) is 32.0 Å². The number of phenols is 1. The van der Waals surface area contributed by atoms with Gasteiger partial charge >= 0.3 is 0 Å². The van der Waals surface area contributed by atoms with Gasteiger partial charge in [-0.25, -0.2) is 0 Å². The lowest BCUT2D eigenvalue weighted by Gasteiger charge is -2.45. The number of carbonyl (C=O) groups is 4. The normalized spacial score (nSPS) is 34.8. The van der Waals surface area contributed by atoms with Crippen LogP contribution in [0.25, 0.3) is 0 Å². The molecule has 33 heavy (non-hydrogen) atoms. The molecule has 1 N–H and O–H groups in total. The highest BCUT2D eigenvalue weighted by molar-refractivity contribution is 6.07. The first kappa shape index (κ1) is 20.2. The van der Waals surface area contributed by atoms with E-state index in [1.54, 1.807) is 24.5 Å². The highest BCUT2D eigenvalue weighted by Gasteiger charge is 2.61. The summed E-state index contributed by atoms with van der Waals surface area (Å²) in [5.74, 6) is -2.71. The standard InChI is InChI=1S/C25H24N2O6/c1-26-22(29)15-5-4-14-16(20(15)24(26)31)9-17-21(25(32)27(2)23(17)30)19(14)12-7-11-8-13(28)3-6-18(11)33-10-12/h3-4,6,8,10,15-17,19-21,28H,5,7,9H2,1-2H3/t15-,16+,17+,19-,20-,21+/m0/s1. The SMILES string of the molecule is CN1C(=O)[C@H]2[C@H](CC=C3[C@H](C4=COc5ccc(O)cc5C4)[C@@H]4C(=O)N(C)C(=O)[C@@H]4C[C@H]32)C1=O. The zero-order valence-corrected chi connectivity index (χ0v) is 18.4. The summed E-state index contributed by atoms with van der Waals surface area (Å²) >= 11 is 0. The Kier molecular flexibility index (Phi) is 4.16. The zero-order chi connectivity index (χ0) is 23.2. The number of rotatable bonds is 1. The predicted molar refractivity (Wildman–Crippen MR) is 114 cm³/mol. The number of allylic oxidation sites excluding steroid dienone is 3. The van der Waals surface area contributed by atoms with Crippen LogP contribution in [0, 0.1) is 35.5 Å². The molecule has 1 aromatic carbocycles. The average molecular weight is 448 g/mol. The van der Waals surface area contributed by atoms with Gasteiger partial charge in [-0.05, 0) is 42.5 Å². The number of nitrogens with zero attached hydrogens (tertiary/aromatic N) is 2. The molecule has 3 heterocycles. The molecule has 8 heteroatoms. The first-order chi connectivity index (χ1) is 15.8. The van der Waals surface area contributed by atoms with E-state index in [-0.39, 0.29) is 41.2 Å². The molecule has 0 unspecified atom stereocenters. The number of carbonyl (C=O) groups excluding carboxylic acids is 4. The monoisotopic (exact) mass is 448 g/mol. The third kappa shape index (κ3) is 2.63. The molecular weight excluding hydrogens is 424 g/mol. The van der Waals surface area contributed by atoms with E-state index in [0.717, 1.165) is 16.7 Å². The minimum absolute atomic E-state index is 0.127. The van der Waals surface area contributed by atoms with Gasteiger partial charge in [-0.1, -0.05) is 11.6 Å². The Hall–Kier alpha value is -3.42. The van der Waals surface area contributed by atoms with Gasteiger partial charge in [0.25, 0.3) is 0 Å². The highest BCUT2D eigenvalue weighted by atomic mass is 16.5. The van der Waals surface area contributed by atoms with Gasteiger partial charge in [0.05, 0.1) is 29.9 Å². The summed E-state index contributed by atoms with van der Waals surface area (Å²) in [5.41, 5.74) is 2.61. The minimum atomic E-state index is -0.555. The van der Waals surface area contributed by atoms with Crippen LogP contribution < -0.4 is 4.74 Å². The molecule has 0 spiro atoms. The van der Waals surface area contributed by atoms with Crippen molar-refractivity contribution in [2.24, 2.45) is 35.5 Å². The maximum Gasteiger partial charge on any atom is 0.233 e. The summed E-state index contributed by atoms with van der Waals surface area (Å²) in [4.78, 5) is 54.4. The molecule has 0 radical (unpaired) electrons. The lowest BCUT2D eigenvalue weighted by molar-refractivity contribution is -0.140. The van der Waals surface area contributed by atoms with Crippen molar-refractivity contribution in [3.8, 4) is 11.5 Å². The number of amides is 4. The molecule has 3 fully saturated rings. The molecule has 2 saturated heterocycles. The molecule has 2 aliphatic carbocycles. The fourth-order valence-corrected chi connectivity index (χ4v) is 6.73. The molecule has 4 amide bonds. The van der Waals surface area contributed by atoms with Crippen LogP contribution in [0.2, 0.25) is 0 Å². The third-order valence-corrected chi connectivity index (χ3v) is 8.26. The summed E-state index contributed by atoms with van der Waals surface area (Å²) in [6.45, 7) is 0. The second kappa shape index (κ2) is 6.79. The van der Waals surface area contributed by atoms with Gasteiger partial charge in [-0.3, -0.25) is 29.0 Å². The fraction of sp³-hybridized carbons (Fsp3) is 0.440. The lowest BCUT2D eigenvalue weighted by atomic mass is 9.56. The molecule has 0 aromatic heterocycles. The molecule has 5 aliphatic rings. The van der Waals surface area contributed by atoms with Crippen molar-refractivity contribution in [1.29, 1.82) is 0 Å². The third-order valence-electron chi connectivity index (χ3n) is 8.26. The Morgan fingerprint density at radius 1 is 0.909 bits per heavy atom. The second-order valence-electron chi connectivity index (χ2n) is 9.77. The van der Waals surface area contributed by atoms with Crippen LogP contribution in [0.4, 0.5) is 0 Å². The molecule has 6 rings (SSSR count). The summed E-state index contributed by atoms with van der Waals surface area (Å²) in [7, 11) is 3.03. The van der Waals surface area contributed by atoms with E-state index < -0.39 is 23.7 Å². The van der Waals surface area contributed by atoms with Gasteiger partial charge in [-0.15, -0.1) is 0 Å². The van der Waals surface area contributed by atoms with Gasteiger partial charge < -0.3 is 9.84 Å². The second-order valence-corrected chi connectivity index (χ2v) is 9.77. The number of phenolic OH excluding ortho intramolecular Hbond substituents is 1. The van der Waals surface area contributed by atoms with Gasteiger partial charge in [-0.2, -0.15) is 0 Å². The van der Waals surface area contributed by atoms with Crippen molar-refractivity contribution in [1.82, 2.24) is 9.80 Å². The van der Waals surface area contributed by atoms with E-state index in [1.807, 2.05) is 6.08 Å². The fourth-order valence-electron chi connectivity index (χ4n) is 6.73. The van der Waals surface area contributed by atoms with E-state index in [1.165, 1.54) is 23.9 Å². The summed E-state index contributed by atoms with van der Waals surface area (Å²) in [5, 5.41) is 9.95. The molecule has 0 bridgehead atoms. The number of aromatic hydroxyl groups is 1. The number of hydrogen-bond donors (Lipinski definition) is 1. The first-order valence-corrected chi connectivity index (χ1v) is 11.3. The minimum Gasteiger partial charge on any atom is -0.508 e. The molecule has 8 nitrogen and oxygen atoms in total. The molecule has 1 saturated carbocycles. The van der Waals surface area contributed by atoms with E-state index in [2.05, 4.69) is 0 Å². The maximum atomic E-state index is 13.2. The van der Waals surface area contributed by atoms with Crippen molar-refractivity contribution < 1.29 is 29.0 Å². The number of hydrogen-bond acceptors (Lipinski definition) is 6. The van der Waals surface area contributed by atoms with Gasteiger partial charge in [0.15, 0.2) is 0 Å². The number of benzene rings is 1. The van der Waals surface area contributed by atoms with E-state index in [9.17, 15) is 24.3 Å². The van der Waals surface area contributed by atoms with Crippen LogP contribution in [0.5, 0.6) is 11.5 Å². The Bertz CT molecular complexity index is 1200. The van der Waals surface area contributed by atoms with Crippen LogP contribution >= 0.6 is 0 Å². The number of ether oxygens (including phenoxy) is 1. The van der Waals surface area contributed by atoms with E-state index in [0.29, 0.717) is 25.0 Å². The summed E-state index contributed by atoms with van der Waals surface area (Å²) < 4.78 is 5.86.